The van der Waals surface area contributed by atoms with E-state index in [1.165, 1.54) is 5.56 Å². The quantitative estimate of drug-likeness (QED) is 0.449. The van der Waals surface area contributed by atoms with Crippen molar-refractivity contribution in [2.24, 2.45) is 0 Å². The van der Waals surface area contributed by atoms with Gasteiger partial charge in [-0.05, 0) is 35.3 Å². The van der Waals surface area contributed by atoms with Crippen molar-refractivity contribution in [1.29, 1.82) is 0 Å². The van der Waals surface area contributed by atoms with Gasteiger partial charge in [0.15, 0.2) is 8.32 Å². The van der Waals surface area contributed by atoms with E-state index in [2.05, 4.69) is 40.4 Å². The summed E-state index contributed by atoms with van der Waals surface area (Å²) in [6.07, 6.45) is 4.74. The zero-order valence-electron chi connectivity index (χ0n) is 13.2. The van der Waals surface area contributed by atoms with E-state index >= 15 is 0 Å². The lowest BCUT2D eigenvalue weighted by Gasteiger charge is -2.36. The first-order chi connectivity index (χ1) is 9.21. The molecule has 2 heterocycles. The number of rotatable bonds is 6. The Bertz CT molecular complexity index is 457. The highest BCUT2D eigenvalue weighted by Gasteiger charge is 2.42. The Kier molecular flexibility index (Phi) is 4.28. The minimum absolute atomic E-state index is 0.148. The van der Waals surface area contributed by atoms with E-state index in [0.29, 0.717) is 6.61 Å². The van der Waals surface area contributed by atoms with Crippen LogP contribution in [-0.4, -0.2) is 27.1 Å². The summed E-state index contributed by atoms with van der Waals surface area (Å²) in [7, 11) is -1.70. The molecule has 1 aliphatic rings. The fourth-order valence-corrected chi connectivity index (χ4v) is 2.85. The van der Waals surface area contributed by atoms with E-state index in [-0.39, 0.29) is 17.2 Å². The maximum atomic E-state index is 6.18. The molecule has 1 aliphatic heterocycles. The van der Waals surface area contributed by atoms with Gasteiger partial charge in [0.05, 0.1) is 25.2 Å². The Balaban J connectivity index is 1.77. The third kappa shape index (κ3) is 3.62. The van der Waals surface area contributed by atoms with Crippen LogP contribution in [0.1, 0.15) is 26.3 Å². The predicted molar refractivity (Wildman–Crippen MR) is 83.4 cm³/mol. The number of ether oxygens (including phenoxy) is 1. The van der Waals surface area contributed by atoms with Crippen LogP contribution in [0.25, 0.3) is 0 Å². The third-order valence-corrected chi connectivity index (χ3v) is 8.90. The van der Waals surface area contributed by atoms with Gasteiger partial charge in [-0.3, -0.25) is 0 Å². The maximum absolute atomic E-state index is 6.18. The van der Waals surface area contributed by atoms with Crippen molar-refractivity contribution in [3.63, 3.8) is 0 Å². The van der Waals surface area contributed by atoms with Crippen molar-refractivity contribution in [3.05, 3.63) is 36.3 Å². The van der Waals surface area contributed by atoms with E-state index in [1.807, 2.05) is 6.07 Å². The summed E-state index contributed by atoms with van der Waals surface area (Å²) >= 11 is 0. The van der Waals surface area contributed by atoms with E-state index in [1.54, 1.807) is 12.5 Å². The van der Waals surface area contributed by atoms with Crippen LogP contribution in [0.15, 0.2) is 35.2 Å². The fraction of sp³-hybridized carbons (Fsp3) is 0.625. The molecule has 2 atom stereocenters. The molecule has 0 spiro atoms. The molecular formula is C16H26O3Si. The summed E-state index contributed by atoms with van der Waals surface area (Å²) in [6, 6.07) is 1.98. The number of furan rings is 1. The summed E-state index contributed by atoms with van der Waals surface area (Å²) in [5.41, 5.74) is 2.24. The van der Waals surface area contributed by atoms with Gasteiger partial charge in [-0.2, -0.15) is 0 Å². The first-order valence-electron chi connectivity index (χ1n) is 7.19. The highest BCUT2D eigenvalue weighted by Crippen LogP contribution is 2.38. The lowest BCUT2D eigenvalue weighted by molar-refractivity contribution is 0.303. The third-order valence-electron chi connectivity index (χ3n) is 4.43. The smallest absolute Gasteiger partial charge is 0.192 e. The zero-order valence-corrected chi connectivity index (χ0v) is 14.2. The molecule has 4 heteroatoms. The van der Waals surface area contributed by atoms with Crippen molar-refractivity contribution in [3.8, 4) is 0 Å². The molecule has 1 saturated heterocycles. The van der Waals surface area contributed by atoms with Crippen LogP contribution < -0.4 is 0 Å². The molecule has 112 valence electrons. The molecule has 0 N–H and O–H groups in total. The minimum Gasteiger partial charge on any atom is -0.472 e. The fourth-order valence-electron chi connectivity index (χ4n) is 1.87. The summed E-state index contributed by atoms with van der Waals surface area (Å²) < 4.78 is 16.9. The molecule has 1 aromatic heterocycles. The van der Waals surface area contributed by atoms with Gasteiger partial charge in [-0.1, -0.05) is 27.4 Å². The molecule has 0 unspecified atom stereocenters. The predicted octanol–water partition coefficient (Wildman–Crippen LogP) is 4.17. The van der Waals surface area contributed by atoms with Crippen LogP contribution in [0.3, 0.4) is 0 Å². The number of epoxide rings is 1. The van der Waals surface area contributed by atoms with Gasteiger partial charge in [0.1, 0.15) is 6.10 Å². The highest BCUT2D eigenvalue weighted by atomic mass is 28.4. The average molecular weight is 294 g/mol. The van der Waals surface area contributed by atoms with Crippen LogP contribution in [0.5, 0.6) is 0 Å². The molecule has 20 heavy (non-hydrogen) atoms. The molecule has 0 radical (unpaired) electrons. The number of hydrogen-bond donors (Lipinski definition) is 0. The monoisotopic (exact) mass is 294 g/mol. The molecule has 1 aromatic rings. The molecule has 0 aliphatic carbocycles. The van der Waals surface area contributed by atoms with Gasteiger partial charge in [0.2, 0.25) is 0 Å². The standard InChI is InChI=1S/C16H26O3Si/c1-12(10-18-20(5,6)16(2,3)4)15-14(19-15)9-13-7-8-17-11-13/h7-8,11,14-15H,1,9-10H2,2-6H3/t14-,15-/m0/s1. The zero-order chi connectivity index (χ0) is 15.0. The van der Waals surface area contributed by atoms with Crippen molar-refractivity contribution < 1.29 is 13.6 Å². The van der Waals surface area contributed by atoms with Crippen LogP contribution in [0, 0.1) is 0 Å². The Hall–Kier alpha value is -0.843. The van der Waals surface area contributed by atoms with Crippen molar-refractivity contribution in [2.75, 3.05) is 6.61 Å². The van der Waals surface area contributed by atoms with E-state index in [4.69, 9.17) is 13.6 Å². The topological polar surface area (TPSA) is 34.9 Å². The molecular weight excluding hydrogens is 268 g/mol. The molecule has 0 amide bonds. The summed E-state index contributed by atoms with van der Waals surface area (Å²) in [4.78, 5) is 0. The lowest BCUT2D eigenvalue weighted by Crippen LogP contribution is -2.41. The largest absolute Gasteiger partial charge is 0.472 e. The van der Waals surface area contributed by atoms with E-state index < -0.39 is 8.32 Å². The summed E-state index contributed by atoms with van der Waals surface area (Å²) in [5.74, 6) is 0. The second-order valence-electron chi connectivity index (χ2n) is 7.14. The van der Waals surface area contributed by atoms with E-state index in [0.717, 1.165) is 12.0 Å². The number of hydrogen-bond acceptors (Lipinski definition) is 3. The highest BCUT2D eigenvalue weighted by molar-refractivity contribution is 6.74. The Morgan fingerprint density at radius 2 is 2.10 bits per heavy atom. The summed E-state index contributed by atoms with van der Waals surface area (Å²) in [5, 5.41) is 0.230. The first-order valence-corrected chi connectivity index (χ1v) is 10.1. The molecule has 1 fully saturated rings. The van der Waals surface area contributed by atoms with E-state index in [9.17, 15) is 0 Å². The SMILES string of the molecule is C=C(CO[Si](C)(C)C(C)(C)C)[C@@H]1O[C@H]1Cc1ccoc1. The van der Waals surface area contributed by atoms with Crippen LogP contribution in [0.2, 0.25) is 18.1 Å². The van der Waals surface area contributed by atoms with Crippen molar-refractivity contribution in [1.82, 2.24) is 0 Å². The lowest BCUT2D eigenvalue weighted by atomic mass is 10.1. The van der Waals surface area contributed by atoms with Gasteiger partial charge >= 0.3 is 0 Å². The van der Waals surface area contributed by atoms with Crippen LogP contribution in [-0.2, 0) is 15.6 Å². The van der Waals surface area contributed by atoms with Gasteiger partial charge in [0, 0.05) is 6.42 Å². The minimum atomic E-state index is -1.70. The molecule has 2 rings (SSSR count). The first kappa shape index (κ1) is 15.5. The molecule has 0 saturated carbocycles. The Morgan fingerprint density at radius 3 is 2.65 bits per heavy atom. The van der Waals surface area contributed by atoms with Gasteiger partial charge in [-0.25, -0.2) is 0 Å². The average Bonchev–Trinajstić information content (AvgIpc) is 2.89. The second kappa shape index (κ2) is 5.51. The molecule has 0 aromatic carbocycles. The van der Waals surface area contributed by atoms with Crippen molar-refractivity contribution >= 4 is 8.32 Å². The Morgan fingerprint density at radius 1 is 1.40 bits per heavy atom. The van der Waals surface area contributed by atoms with Gasteiger partial charge in [0.25, 0.3) is 0 Å². The molecule has 0 bridgehead atoms. The van der Waals surface area contributed by atoms with Crippen molar-refractivity contribution in [2.45, 2.75) is 57.5 Å². The van der Waals surface area contributed by atoms with Gasteiger partial charge in [-0.15, -0.1) is 0 Å². The second-order valence-corrected chi connectivity index (χ2v) is 11.9. The van der Waals surface area contributed by atoms with Crippen LogP contribution in [0.4, 0.5) is 0 Å². The normalized spacial score (nSPS) is 22.9. The summed E-state index contributed by atoms with van der Waals surface area (Å²) in [6.45, 7) is 16.0. The van der Waals surface area contributed by atoms with Gasteiger partial charge < -0.3 is 13.6 Å². The molecule has 3 nitrogen and oxygen atoms in total. The van der Waals surface area contributed by atoms with Crippen LogP contribution >= 0.6 is 0 Å². The Labute approximate surface area is 123 Å². The maximum Gasteiger partial charge on any atom is 0.192 e.